The molecule has 0 aliphatic heterocycles. The molecule has 1 amide bonds. The van der Waals surface area contributed by atoms with E-state index in [2.05, 4.69) is 17.6 Å². The third-order valence-corrected chi connectivity index (χ3v) is 4.74. The predicted octanol–water partition coefficient (Wildman–Crippen LogP) is 0.941. The number of amides is 1. The highest BCUT2D eigenvalue weighted by Crippen LogP contribution is 1.99. The lowest BCUT2D eigenvalue weighted by atomic mass is 10.2. The molecule has 0 heterocycles. The molecule has 0 bridgehead atoms. The molecule has 0 radical (unpaired) electrons. The van der Waals surface area contributed by atoms with Crippen LogP contribution in [0.5, 0.6) is 0 Å². The average Bonchev–Trinajstić information content (AvgIpc) is 2.36. The zero-order valence-corrected chi connectivity index (χ0v) is 14.8. The van der Waals surface area contributed by atoms with Crippen molar-refractivity contribution in [2.45, 2.75) is 59.0 Å². The molecule has 7 heteroatoms. The predicted molar refractivity (Wildman–Crippen MR) is 86.7 cm³/mol. The molecule has 0 saturated heterocycles. The van der Waals surface area contributed by atoms with Gasteiger partial charge in [0.15, 0.2) is 0 Å². The first kappa shape index (κ1) is 20.3. The fourth-order valence-electron chi connectivity index (χ4n) is 2.10. The van der Waals surface area contributed by atoms with Crippen LogP contribution >= 0.6 is 0 Å². The number of hydrogen-bond acceptors (Lipinski definition) is 4. The molecule has 0 fully saturated rings. The van der Waals surface area contributed by atoms with Crippen molar-refractivity contribution in [1.29, 1.82) is 0 Å². The maximum Gasteiger partial charge on any atom is 0.237 e. The summed E-state index contributed by atoms with van der Waals surface area (Å²) in [6.07, 6.45) is 3.91. The van der Waals surface area contributed by atoms with Crippen molar-refractivity contribution < 1.29 is 13.2 Å². The van der Waals surface area contributed by atoms with Crippen molar-refractivity contribution in [3.8, 4) is 0 Å². The number of hydrogen-bond donors (Lipinski definition) is 2. The summed E-state index contributed by atoms with van der Waals surface area (Å²) < 4.78 is 24.3. The van der Waals surface area contributed by atoms with Crippen LogP contribution in [0.4, 0.5) is 0 Å². The summed E-state index contributed by atoms with van der Waals surface area (Å²) in [6.45, 7) is 9.29. The summed E-state index contributed by atoms with van der Waals surface area (Å²) >= 11 is 0. The molecule has 0 aliphatic carbocycles. The van der Waals surface area contributed by atoms with Gasteiger partial charge in [-0.2, -0.15) is 0 Å². The van der Waals surface area contributed by atoms with E-state index in [1.807, 2.05) is 20.8 Å². The Labute approximate surface area is 129 Å². The molecule has 0 aromatic rings. The molecule has 2 N–H and O–H groups in total. The van der Waals surface area contributed by atoms with Crippen molar-refractivity contribution in [1.82, 2.24) is 14.9 Å². The van der Waals surface area contributed by atoms with Crippen molar-refractivity contribution >= 4 is 15.9 Å². The second-order valence-corrected chi connectivity index (χ2v) is 7.46. The monoisotopic (exact) mass is 321 g/mol. The van der Waals surface area contributed by atoms with E-state index in [0.717, 1.165) is 12.8 Å². The lowest BCUT2D eigenvalue weighted by Crippen LogP contribution is -2.46. The van der Waals surface area contributed by atoms with Gasteiger partial charge in [0.05, 0.1) is 12.3 Å². The minimum atomic E-state index is -3.13. The van der Waals surface area contributed by atoms with Gasteiger partial charge in [0.25, 0.3) is 0 Å². The Morgan fingerprint density at radius 3 is 2.33 bits per heavy atom. The lowest BCUT2D eigenvalue weighted by Gasteiger charge is -2.20. The first-order valence-electron chi connectivity index (χ1n) is 7.71. The Morgan fingerprint density at radius 2 is 1.86 bits per heavy atom. The highest BCUT2D eigenvalue weighted by atomic mass is 32.2. The van der Waals surface area contributed by atoms with Crippen molar-refractivity contribution in [2.24, 2.45) is 0 Å². The van der Waals surface area contributed by atoms with Gasteiger partial charge in [-0.05, 0) is 33.2 Å². The van der Waals surface area contributed by atoms with Crippen LogP contribution in [0.1, 0.15) is 47.0 Å². The van der Waals surface area contributed by atoms with Gasteiger partial charge in [-0.15, -0.1) is 0 Å². The highest BCUT2D eigenvalue weighted by molar-refractivity contribution is 7.88. The van der Waals surface area contributed by atoms with Crippen molar-refractivity contribution in [3.05, 3.63) is 0 Å². The SMILES string of the molecule is CCCC(C)NC(=O)C(C)NCCCN(CC)S(C)(=O)=O. The summed E-state index contributed by atoms with van der Waals surface area (Å²) in [7, 11) is -3.13. The van der Waals surface area contributed by atoms with Crippen LogP contribution in [0.3, 0.4) is 0 Å². The first-order valence-corrected chi connectivity index (χ1v) is 9.56. The Balaban J connectivity index is 3.98. The van der Waals surface area contributed by atoms with E-state index < -0.39 is 10.0 Å². The number of nitrogens with one attached hydrogen (secondary N) is 2. The maximum absolute atomic E-state index is 11.9. The molecule has 0 aliphatic rings. The zero-order valence-electron chi connectivity index (χ0n) is 14.0. The molecule has 2 atom stereocenters. The quantitative estimate of drug-likeness (QED) is 0.555. The van der Waals surface area contributed by atoms with Crippen LogP contribution in [-0.4, -0.2) is 56.6 Å². The molecule has 2 unspecified atom stereocenters. The highest BCUT2D eigenvalue weighted by Gasteiger charge is 2.16. The van der Waals surface area contributed by atoms with Crippen LogP contribution in [0.15, 0.2) is 0 Å². The molecular formula is C14H31N3O3S. The molecule has 21 heavy (non-hydrogen) atoms. The molecule has 0 spiro atoms. The van der Waals surface area contributed by atoms with Crippen LogP contribution in [0, 0.1) is 0 Å². The van der Waals surface area contributed by atoms with Crippen molar-refractivity contribution in [2.75, 3.05) is 25.9 Å². The Hall–Kier alpha value is -0.660. The van der Waals surface area contributed by atoms with E-state index in [1.54, 1.807) is 0 Å². The van der Waals surface area contributed by atoms with Gasteiger partial charge in [-0.3, -0.25) is 4.79 Å². The van der Waals surface area contributed by atoms with Gasteiger partial charge in [-0.25, -0.2) is 12.7 Å². The third kappa shape index (κ3) is 9.06. The first-order chi connectivity index (χ1) is 9.72. The number of sulfonamides is 1. The Morgan fingerprint density at radius 1 is 1.24 bits per heavy atom. The van der Waals surface area contributed by atoms with Gasteiger partial charge in [0, 0.05) is 19.1 Å². The normalized spacial score (nSPS) is 15.0. The molecule has 0 aromatic carbocycles. The Kier molecular flexibility index (Phi) is 9.81. The standard InChI is InChI=1S/C14H31N3O3S/c1-6-9-12(3)16-14(18)13(4)15-10-8-11-17(7-2)21(5,19)20/h12-13,15H,6-11H2,1-5H3,(H,16,18). The molecular weight excluding hydrogens is 290 g/mol. The van der Waals surface area contributed by atoms with Gasteiger partial charge < -0.3 is 10.6 Å². The van der Waals surface area contributed by atoms with Crippen LogP contribution < -0.4 is 10.6 Å². The molecule has 0 aromatic heterocycles. The van der Waals surface area contributed by atoms with E-state index in [1.165, 1.54) is 10.6 Å². The topological polar surface area (TPSA) is 78.5 Å². The van der Waals surface area contributed by atoms with Crippen LogP contribution in [-0.2, 0) is 14.8 Å². The average molecular weight is 321 g/mol. The van der Waals surface area contributed by atoms with E-state index in [9.17, 15) is 13.2 Å². The fourth-order valence-corrected chi connectivity index (χ4v) is 3.03. The second-order valence-electron chi connectivity index (χ2n) is 5.48. The van der Waals surface area contributed by atoms with E-state index in [0.29, 0.717) is 26.1 Å². The van der Waals surface area contributed by atoms with E-state index in [-0.39, 0.29) is 18.0 Å². The number of carbonyl (C=O) groups is 1. The number of carbonyl (C=O) groups excluding carboxylic acids is 1. The van der Waals surface area contributed by atoms with E-state index >= 15 is 0 Å². The molecule has 126 valence electrons. The largest absolute Gasteiger partial charge is 0.352 e. The summed E-state index contributed by atoms with van der Waals surface area (Å²) in [6, 6.07) is -0.0785. The van der Waals surface area contributed by atoms with Crippen LogP contribution in [0.25, 0.3) is 0 Å². The van der Waals surface area contributed by atoms with Gasteiger partial charge in [-0.1, -0.05) is 20.3 Å². The molecule has 0 rings (SSSR count). The minimum Gasteiger partial charge on any atom is -0.352 e. The zero-order chi connectivity index (χ0) is 16.5. The Bertz CT molecular complexity index is 398. The van der Waals surface area contributed by atoms with Crippen LogP contribution in [0.2, 0.25) is 0 Å². The molecule has 6 nitrogen and oxygen atoms in total. The summed E-state index contributed by atoms with van der Waals surface area (Å²) in [4.78, 5) is 11.9. The van der Waals surface area contributed by atoms with Crippen molar-refractivity contribution in [3.63, 3.8) is 0 Å². The lowest BCUT2D eigenvalue weighted by molar-refractivity contribution is -0.123. The number of rotatable bonds is 11. The fraction of sp³-hybridized carbons (Fsp3) is 0.929. The van der Waals surface area contributed by atoms with Gasteiger partial charge in [0.1, 0.15) is 0 Å². The summed E-state index contributed by atoms with van der Waals surface area (Å²) in [5.41, 5.74) is 0. The smallest absolute Gasteiger partial charge is 0.237 e. The summed E-state index contributed by atoms with van der Waals surface area (Å²) in [5.74, 6) is -0.00795. The van der Waals surface area contributed by atoms with Gasteiger partial charge in [0.2, 0.25) is 15.9 Å². The van der Waals surface area contributed by atoms with Gasteiger partial charge >= 0.3 is 0 Å². The molecule has 0 saturated carbocycles. The second kappa shape index (κ2) is 10.1. The number of nitrogens with zero attached hydrogens (tertiary/aromatic N) is 1. The third-order valence-electron chi connectivity index (χ3n) is 3.36. The summed E-state index contributed by atoms with van der Waals surface area (Å²) in [5, 5.41) is 6.09. The van der Waals surface area contributed by atoms with E-state index in [4.69, 9.17) is 0 Å². The minimum absolute atomic E-state index is 0.00795. The maximum atomic E-state index is 11.9.